The number of aromatic nitrogens is 1. The Morgan fingerprint density at radius 2 is 1.75 bits per heavy atom. The number of hydrogen-bond donors (Lipinski definition) is 0. The first-order valence-electron chi connectivity index (χ1n) is 5.09. The number of aryl methyl sites for hydroxylation is 1. The highest BCUT2D eigenvalue weighted by Crippen LogP contribution is 2.23. The Hall–Kier alpha value is -1.90. The molecule has 0 atom stereocenters. The van der Waals surface area contributed by atoms with Crippen molar-refractivity contribution in [3.63, 3.8) is 0 Å². The average molecular weight is 216 g/mol. The van der Waals surface area contributed by atoms with E-state index >= 15 is 0 Å². The lowest BCUT2D eigenvalue weighted by Crippen LogP contribution is -2.09. The first kappa shape index (κ1) is 10.6. The molecule has 0 radical (unpaired) electrons. The lowest BCUT2D eigenvalue weighted by molar-refractivity contribution is 0.584. The third-order valence-corrected chi connectivity index (χ3v) is 2.52. The lowest BCUT2D eigenvalue weighted by atomic mass is 10.2. The zero-order valence-electron chi connectivity index (χ0n) is 9.31. The third-order valence-electron chi connectivity index (χ3n) is 2.52. The van der Waals surface area contributed by atoms with E-state index in [4.69, 9.17) is 0 Å². The van der Waals surface area contributed by atoms with Crippen LogP contribution in [0.15, 0.2) is 42.6 Å². The van der Waals surface area contributed by atoms with Gasteiger partial charge in [-0.3, -0.25) is 0 Å². The zero-order valence-corrected chi connectivity index (χ0v) is 9.31. The minimum absolute atomic E-state index is 0.462. The van der Waals surface area contributed by atoms with Gasteiger partial charge >= 0.3 is 0 Å². The zero-order chi connectivity index (χ0) is 11.5. The highest BCUT2D eigenvalue weighted by molar-refractivity contribution is 5.61. The molecule has 1 aromatic heterocycles. The molecule has 0 aliphatic carbocycles. The maximum Gasteiger partial charge on any atom is 0.214 e. The van der Waals surface area contributed by atoms with Crippen molar-refractivity contribution in [2.45, 2.75) is 6.92 Å². The van der Waals surface area contributed by atoms with Crippen molar-refractivity contribution >= 4 is 11.4 Å². The SMILES string of the molecule is Cc1ccc(N(C)c2ccnc(F)c2)cc1. The molecule has 2 nitrogen and oxygen atoms in total. The number of halogens is 1. The molecule has 0 amide bonds. The molecular formula is C13H13FN2. The van der Waals surface area contributed by atoms with E-state index in [0.717, 1.165) is 11.4 Å². The Kier molecular flexibility index (Phi) is 2.86. The van der Waals surface area contributed by atoms with Crippen LogP contribution in [0.25, 0.3) is 0 Å². The molecule has 0 saturated carbocycles. The van der Waals surface area contributed by atoms with Gasteiger partial charge < -0.3 is 4.90 Å². The second-order valence-corrected chi connectivity index (χ2v) is 3.73. The molecular weight excluding hydrogens is 203 g/mol. The first-order valence-corrected chi connectivity index (χ1v) is 5.09. The molecule has 0 unspecified atom stereocenters. The van der Waals surface area contributed by atoms with Gasteiger partial charge in [-0.2, -0.15) is 4.39 Å². The lowest BCUT2D eigenvalue weighted by Gasteiger charge is -2.19. The van der Waals surface area contributed by atoms with Crippen molar-refractivity contribution in [3.05, 3.63) is 54.1 Å². The second kappa shape index (κ2) is 4.31. The summed E-state index contributed by atoms with van der Waals surface area (Å²) in [6, 6.07) is 11.3. The number of pyridine rings is 1. The van der Waals surface area contributed by atoms with Crippen LogP contribution in [0.3, 0.4) is 0 Å². The summed E-state index contributed by atoms with van der Waals surface area (Å²) in [7, 11) is 1.90. The van der Waals surface area contributed by atoms with Gasteiger partial charge in [0.25, 0.3) is 0 Å². The predicted molar refractivity (Wildman–Crippen MR) is 63.4 cm³/mol. The van der Waals surface area contributed by atoms with Crippen molar-refractivity contribution in [1.29, 1.82) is 0 Å². The Balaban J connectivity index is 2.31. The van der Waals surface area contributed by atoms with Crippen molar-refractivity contribution in [1.82, 2.24) is 4.98 Å². The highest BCUT2D eigenvalue weighted by Gasteiger charge is 2.04. The van der Waals surface area contributed by atoms with E-state index in [0.29, 0.717) is 0 Å². The number of benzene rings is 1. The fraction of sp³-hybridized carbons (Fsp3) is 0.154. The summed E-state index contributed by atoms with van der Waals surface area (Å²) in [5.41, 5.74) is 3.02. The van der Waals surface area contributed by atoms with Gasteiger partial charge in [0.1, 0.15) is 0 Å². The summed E-state index contributed by atoms with van der Waals surface area (Å²) in [5.74, 6) is -0.462. The molecule has 0 spiro atoms. The molecule has 82 valence electrons. The molecule has 0 aliphatic heterocycles. The molecule has 1 aromatic carbocycles. The van der Waals surface area contributed by atoms with Crippen molar-refractivity contribution in [2.24, 2.45) is 0 Å². The van der Waals surface area contributed by atoms with Crippen LogP contribution in [0.5, 0.6) is 0 Å². The van der Waals surface area contributed by atoms with E-state index in [-0.39, 0.29) is 0 Å². The summed E-state index contributed by atoms with van der Waals surface area (Å²) in [6.07, 6.45) is 1.47. The van der Waals surface area contributed by atoms with Gasteiger partial charge in [-0.25, -0.2) is 4.98 Å². The Labute approximate surface area is 94.4 Å². The standard InChI is InChI=1S/C13H13FN2/c1-10-3-5-11(6-4-10)16(2)12-7-8-15-13(14)9-12/h3-9H,1-2H3. The minimum atomic E-state index is -0.462. The van der Waals surface area contributed by atoms with Crippen molar-refractivity contribution < 1.29 is 4.39 Å². The van der Waals surface area contributed by atoms with Crippen molar-refractivity contribution in [3.8, 4) is 0 Å². The largest absolute Gasteiger partial charge is 0.344 e. The molecule has 2 rings (SSSR count). The Morgan fingerprint density at radius 3 is 2.38 bits per heavy atom. The van der Waals surface area contributed by atoms with Crippen LogP contribution < -0.4 is 4.90 Å². The summed E-state index contributed by atoms with van der Waals surface area (Å²) in [4.78, 5) is 5.46. The van der Waals surface area contributed by atoms with E-state index in [9.17, 15) is 4.39 Å². The number of hydrogen-bond acceptors (Lipinski definition) is 2. The maximum atomic E-state index is 13.0. The van der Waals surface area contributed by atoms with Crippen LogP contribution in [0.1, 0.15) is 5.56 Å². The minimum Gasteiger partial charge on any atom is -0.344 e. The summed E-state index contributed by atoms with van der Waals surface area (Å²) < 4.78 is 13.0. The fourth-order valence-electron chi connectivity index (χ4n) is 1.52. The first-order chi connectivity index (χ1) is 7.66. The number of anilines is 2. The van der Waals surface area contributed by atoms with E-state index < -0.39 is 5.95 Å². The molecule has 0 N–H and O–H groups in total. The van der Waals surface area contributed by atoms with E-state index in [1.807, 2.05) is 43.1 Å². The van der Waals surface area contributed by atoms with Crippen molar-refractivity contribution in [2.75, 3.05) is 11.9 Å². The molecule has 0 saturated heterocycles. The van der Waals surface area contributed by atoms with Gasteiger partial charge in [-0.05, 0) is 25.1 Å². The van der Waals surface area contributed by atoms with Crippen LogP contribution in [0.4, 0.5) is 15.8 Å². The molecule has 1 heterocycles. The second-order valence-electron chi connectivity index (χ2n) is 3.73. The normalized spacial score (nSPS) is 10.2. The molecule has 2 aromatic rings. The van der Waals surface area contributed by atoms with Gasteiger partial charge in [0.2, 0.25) is 5.95 Å². The molecule has 16 heavy (non-hydrogen) atoms. The molecule has 0 fully saturated rings. The third kappa shape index (κ3) is 2.19. The Bertz CT molecular complexity index is 480. The van der Waals surface area contributed by atoms with Gasteiger partial charge in [0.15, 0.2) is 0 Å². The molecule has 3 heteroatoms. The monoisotopic (exact) mass is 216 g/mol. The highest BCUT2D eigenvalue weighted by atomic mass is 19.1. The maximum absolute atomic E-state index is 13.0. The topological polar surface area (TPSA) is 16.1 Å². The predicted octanol–water partition coefficient (Wildman–Crippen LogP) is 3.30. The van der Waals surface area contributed by atoms with Crippen LogP contribution in [-0.2, 0) is 0 Å². The van der Waals surface area contributed by atoms with Gasteiger partial charge in [0.05, 0.1) is 0 Å². The van der Waals surface area contributed by atoms with Crippen LogP contribution in [0.2, 0.25) is 0 Å². The summed E-state index contributed by atoms with van der Waals surface area (Å²) in [5, 5.41) is 0. The number of rotatable bonds is 2. The van der Waals surface area contributed by atoms with Crippen LogP contribution in [-0.4, -0.2) is 12.0 Å². The van der Waals surface area contributed by atoms with Gasteiger partial charge in [-0.1, -0.05) is 17.7 Å². The fourth-order valence-corrected chi connectivity index (χ4v) is 1.52. The van der Waals surface area contributed by atoms with Crippen LogP contribution in [0, 0.1) is 12.9 Å². The molecule has 0 aliphatic rings. The number of nitrogens with zero attached hydrogens (tertiary/aromatic N) is 2. The van der Waals surface area contributed by atoms with Gasteiger partial charge in [-0.15, -0.1) is 0 Å². The smallest absolute Gasteiger partial charge is 0.214 e. The summed E-state index contributed by atoms with van der Waals surface area (Å²) in [6.45, 7) is 2.04. The van der Waals surface area contributed by atoms with E-state index in [1.165, 1.54) is 17.8 Å². The summed E-state index contributed by atoms with van der Waals surface area (Å²) >= 11 is 0. The average Bonchev–Trinajstić information content (AvgIpc) is 2.29. The van der Waals surface area contributed by atoms with E-state index in [2.05, 4.69) is 4.98 Å². The van der Waals surface area contributed by atoms with Crippen LogP contribution >= 0.6 is 0 Å². The van der Waals surface area contributed by atoms with Gasteiger partial charge in [0, 0.05) is 30.7 Å². The van der Waals surface area contributed by atoms with E-state index in [1.54, 1.807) is 6.07 Å². The quantitative estimate of drug-likeness (QED) is 0.716. The Morgan fingerprint density at radius 1 is 1.06 bits per heavy atom. The molecule has 0 bridgehead atoms.